The summed E-state index contributed by atoms with van der Waals surface area (Å²) in [5.41, 5.74) is 0. The van der Waals surface area contributed by atoms with Crippen molar-refractivity contribution in [2.24, 2.45) is 0 Å². The summed E-state index contributed by atoms with van der Waals surface area (Å²) in [6, 6.07) is -0.292. The molecule has 0 aromatic rings. The highest BCUT2D eigenvalue weighted by Gasteiger charge is 2.29. The monoisotopic (exact) mass is 241 g/mol. The summed E-state index contributed by atoms with van der Waals surface area (Å²) in [6.45, 7) is 3.29. The highest BCUT2D eigenvalue weighted by molar-refractivity contribution is 5.88. The molecule has 0 spiro atoms. The van der Waals surface area contributed by atoms with Gasteiger partial charge < -0.3 is 19.9 Å². The number of carbonyl (C=O) groups excluding carboxylic acids is 2. The van der Waals surface area contributed by atoms with Crippen LogP contribution in [0.2, 0.25) is 0 Å². The van der Waals surface area contributed by atoms with Crippen LogP contribution in [0, 0.1) is 0 Å². The van der Waals surface area contributed by atoms with Crippen molar-refractivity contribution in [3.63, 3.8) is 0 Å². The minimum absolute atomic E-state index is 0.00702. The van der Waals surface area contributed by atoms with E-state index in [0.29, 0.717) is 26.3 Å². The van der Waals surface area contributed by atoms with Gasteiger partial charge in [0.2, 0.25) is 11.8 Å². The first-order chi connectivity index (χ1) is 8.18. The Labute approximate surface area is 101 Å². The van der Waals surface area contributed by atoms with Crippen molar-refractivity contribution in [3.8, 4) is 0 Å². The summed E-state index contributed by atoms with van der Waals surface area (Å²) >= 11 is 0. The lowest BCUT2D eigenvalue weighted by molar-refractivity contribution is -0.141. The summed E-state index contributed by atoms with van der Waals surface area (Å²) in [6.07, 6.45) is 0.835. The molecule has 2 aliphatic rings. The Bertz CT molecular complexity index is 302. The largest absolute Gasteiger partial charge is 0.378 e. The van der Waals surface area contributed by atoms with Gasteiger partial charge in [-0.05, 0) is 6.42 Å². The van der Waals surface area contributed by atoms with Crippen molar-refractivity contribution in [1.82, 2.24) is 15.1 Å². The average Bonchev–Trinajstić information content (AvgIpc) is 2.52. The molecule has 2 fully saturated rings. The number of nitrogens with zero attached hydrogens (tertiary/aromatic N) is 2. The zero-order valence-electron chi connectivity index (χ0n) is 10.1. The Balaban J connectivity index is 1.95. The van der Waals surface area contributed by atoms with Crippen molar-refractivity contribution in [2.75, 3.05) is 46.4 Å². The molecule has 2 aliphatic heterocycles. The zero-order chi connectivity index (χ0) is 12.3. The van der Waals surface area contributed by atoms with E-state index in [4.69, 9.17) is 4.74 Å². The molecule has 0 aromatic carbocycles. The lowest BCUT2D eigenvalue weighted by atomic mass is 10.2. The van der Waals surface area contributed by atoms with Gasteiger partial charge in [-0.3, -0.25) is 9.59 Å². The molecule has 0 aliphatic carbocycles. The molecular weight excluding hydrogens is 222 g/mol. The summed E-state index contributed by atoms with van der Waals surface area (Å²) in [5, 5.41) is 3.12. The van der Waals surface area contributed by atoms with E-state index in [-0.39, 0.29) is 24.4 Å². The molecule has 2 amide bonds. The molecule has 2 heterocycles. The first-order valence-corrected chi connectivity index (χ1v) is 6.02. The van der Waals surface area contributed by atoms with Crippen molar-refractivity contribution in [1.29, 1.82) is 0 Å². The van der Waals surface area contributed by atoms with Crippen molar-refractivity contribution in [3.05, 3.63) is 0 Å². The van der Waals surface area contributed by atoms with Crippen LogP contribution in [0.25, 0.3) is 0 Å². The minimum Gasteiger partial charge on any atom is -0.378 e. The molecular formula is C11H19N3O3. The van der Waals surface area contributed by atoms with Gasteiger partial charge in [-0.15, -0.1) is 0 Å². The predicted octanol–water partition coefficient (Wildman–Crippen LogP) is -1.33. The Morgan fingerprint density at radius 2 is 2.29 bits per heavy atom. The molecule has 0 aromatic heterocycles. The third-order valence-electron chi connectivity index (χ3n) is 3.20. The molecule has 0 bridgehead atoms. The maximum atomic E-state index is 12.2. The topological polar surface area (TPSA) is 61.9 Å². The molecule has 1 N–H and O–H groups in total. The van der Waals surface area contributed by atoms with E-state index in [2.05, 4.69) is 5.32 Å². The first kappa shape index (κ1) is 12.3. The number of likely N-dealkylation sites (N-methyl/N-ethyl adjacent to an activating group) is 1. The lowest BCUT2D eigenvalue weighted by Crippen LogP contribution is -2.53. The Hall–Kier alpha value is -1.14. The van der Waals surface area contributed by atoms with Crippen LogP contribution in [0.3, 0.4) is 0 Å². The normalized spacial score (nSPS) is 26.9. The third-order valence-corrected chi connectivity index (χ3v) is 3.20. The molecule has 6 nitrogen and oxygen atoms in total. The number of morpholine rings is 1. The highest BCUT2D eigenvalue weighted by Crippen LogP contribution is 2.06. The standard InChI is InChI=1S/C11H19N3O3/c1-13-4-2-5-14(7-10(13)15)11(16)9-8-17-6-3-12-9/h9,12H,2-8H2,1H3. The number of carbonyl (C=O) groups is 2. The SMILES string of the molecule is CN1CCCN(C(=O)C2COCCN2)CC1=O. The van der Waals surface area contributed by atoms with E-state index in [1.807, 2.05) is 0 Å². The second kappa shape index (κ2) is 5.46. The summed E-state index contributed by atoms with van der Waals surface area (Å²) in [4.78, 5) is 27.2. The molecule has 0 saturated carbocycles. The number of nitrogens with one attached hydrogen (secondary N) is 1. The molecule has 1 unspecified atom stereocenters. The molecule has 6 heteroatoms. The van der Waals surface area contributed by atoms with Crippen molar-refractivity contribution < 1.29 is 14.3 Å². The average molecular weight is 241 g/mol. The van der Waals surface area contributed by atoms with Crippen LogP contribution >= 0.6 is 0 Å². The van der Waals surface area contributed by atoms with Gasteiger partial charge in [0.1, 0.15) is 6.04 Å². The molecule has 96 valence electrons. The van der Waals surface area contributed by atoms with E-state index >= 15 is 0 Å². The number of hydrogen-bond donors (Lipinski definition) is 1. The van der Waals surface area contributed by atoms with Crippen LogP contribution in [-0.4, -0.2) is 74.1 Å². The fraction of sp³-hybridized carbons (Fsp3) is 0.818. The van der Waals surface area contributed by atoms with Gasteiger partial charge in [-0.25, -0.2) is 0 Å². The summed E-state index contributed by atoms with van der Waals surface area (Å²) in [5.74, 6) is -0.0130. The van der Waals surface area contributed by atoms with Gasteiger partial charge in [0, 0.05) is 26.7 Å². The van der Waals surface area contributed by atoms with E-state index in [0.717, 1.165) is 13.0 Å². The van der Waals surface area contributed by atoms with Gasteiger partial charge >= 0.3 is 0 Å². The number of rotatable bonds is 1. The van der Waals surface area contributed by atoms with E-state index in [9.17, 15) is 9.59 Å². The lowest BCUT2D eigenvalue weighted by Gasteiger charge is -2.28. The fourth-order valence-electron chi connectivity index (χ4n) is 2.12. The number of ether oxygens (including phenoxy) is 1. The second-order valence-corrected chi connectivity index (χ2v) is 4.51. The van der Waals surface area contributed by atoms with Crippen LogP contribution in [0.5, 0.6) is 0 Å². The van der Waals surface area contributed by atoms with Gasteiger partial charge in [-0.1, -0.05) is 0 Å². The van der Waals surface area contributed by atoms with E-state index < -0.39 is 0 Å². The first-order valence-electron chi connectivity index (χ1n) is 6.02. The highest BCUT2D eigenvalue weighted by atomic mass is 16.5. The smallest absolute Gasteiger partial charge is 0.242 e. The number of hydrogen-bond acceptors (Lipinski definition) is 4. The van der Waals surface area contributed by atoms with Crippen molar-refractivity contribution >= 4 is 11.8 Å². The Kier molecular flexibility index (Phi) is 3.96. The number of amides is 2. The maximum absolute atomic E-state index is 12.2. The predicted molar refractivity (Wildman–Crippen MR) is 61.4 cm³/mol. The Morgan fingerprint density at radius 3 is 3.00 bits per heavy atom. The summed E-state index contributed by atoms with van der Waals surface area (Å²) < 4.78 is 5.27. The van der Waals surface area contributed by atoms with Crippen LogP contribution in [0.15, 0.2) is 0 Å². The van der Waals surface area contributed by atoms with Gasteiger partial charge in [0.25, 0.3) is 0 Å². The summed E-state index contributed by atoms with van der Waals surface area (Å²) in [7, 11) is 1.78. The zero-order valence-corrected chi connectivity index (χ0v) is 10.1. The van der Waals surface area contributed by atoms with Crippen LogP contribution in [0.4, 0.5) is 0 Å². The molecule has 1 atom stereocenters. The Morgan fingerprint density at radius 1 is 1.47 bits per heavy atom. The molecule has 0 radical (unpaired) electrons. The van der Waals surface area contributed by atoms with E-state index in [1.54, 1.807) is 16.8 Å². The maximum Gasteiger partial charge on any atom is 0.242 e. The third kappa shape index (κ3) is 2.95. The van der Waals surface area contributed by atoms with Crippen LogP contribution in [-0.2, 0) is 14.3 Å². The van der Waals surface area contributed by atoms with Crippen LogP contribution in [0.1, 0.15) is 6.42 Å². The molecule has 2 saturated heterocycles. The molecule has 2 rings (SSSR count). The van der Waals surface area contributed by atoms with Crippen LogP contribution < -0.4 is 5.32 Å². The van der Waals surface area contributed by atoms with Gasteiger partial charge in [-0.2, -0.15) is 0 Å². The van der Waals surface area contributed by atoms with Gasteiger partial charge in [0.15, 0.2) is 0 Å². The van der Waals surface area contributed by atoms with Crippen molar-refractivity contribution in [2.45, 2.75) is 12.5 Å². The second-order valence-electron chi connectivity index (χ2n) is 4.51. The minimum atomic E-state index is -0.292. The van der Waals surface area contributed by atoms with E-state index in [1.165, 1.54) is 0 Å². The van der Waals surface area contributed by atoms with Gasteiger partial charge in [0.05, 0.1) is 19.8 Å². The quantitative estimate of drug-likeness (QED) is 0.617. The molecule has 17 heavy (non-hydrogen) atoms. The fourth-order valence-corrected chi connectivity index (χ4v) is 2.12.